The van der Waals surface area contributed by atoms with E-state index < -0.39 is 0 Å². The van der Waals surface area contributed by atoms with Gasteiger partial charge in [-0.15, -0.1) is 0 Å². The summed E-state index contributed by atoms with van der Waals surface area (Å²) in [6.45, 7) is 5.12. The predicted octanol–water partition coefficient (Wildman–Crippen LogP) is 2.67. The molecule has 94 valence electrons. The van der Waals surface area contributed by atoms with Crippen molar-refractivity contribution in [2.45, 2.75) is 45.3 Å². The van der Waals surface area contributed by atoms with Gasteiger partial charge >= 0.3 is 0 Å². The summed E-state index contributed by atoms with van der Waals surface area (Å²) in [6.07, 6.45) is 3.26. The molecule has 1 fully saturated rings. The van der Waals surface area contributed by atoms with Crippen LogP contribution in [0.15, 0.2) is 24.3 Å². The standard InChI is InChI=1S/C15H23NO/c1-11(2)9-12-3-5-13(6-4-12)15(17)10-16-14-7-8-14/h3-6,11,14-17H,7-10H2,1-2H3. The predicted molar refractivity (Wildman–Crippen MR) is 71.0 cm³/mol. The van der Waals surface area contributed by atoms with E-state index in [-0.39, 0.29) is 6.10 Å². The normalized spacial score (nSPS) is 17.4. The third-order valence-corrected chi connectivity index (χ3v) is 3.19. The fourth-order valence-corrected chi connectivity index (χ4v) is 2.03. The Balaban J connectivity index is 1.86. The number of aliphatic hydroxyl groups excluding tert-OH is 1. The van der Waals surface area contributed by atoms with Gasteiger partial charge in [-0.25, -0.2) is 0 Å². The number of benzene rings is 1. The molecule has 0 radical (unpaired) electrons. The van der Waals surface area contributed by atoms with Crippen LogP contribution in [0.2, 0.25) is 0 Å². The van der Waals surface area contributed by atoms with Gasteiger partial charge in [0.2, 0.25) is 0 Å². The van der Waals surface area contributed by atoms with E-state index in [0.29, 0.717) is 18.5 Å². The maximum atomic E-state index is 10.0. The van der Waals surface area contributed by atoms with Crippen molar-refractivity contribution in [1.29, 1.82) is 0 Å². The van der Waals surface area contributed by atoms with Gasteiger partial charge in [0.25, 0.3) is 0 Å². The highest BCUT2D eigenvalue weighted by molar-refractivity contribution is 5.24. The van der Waals surface area contributed by atoms with Crippen LogP contribution >= 0.6 is 0 Å². The van der Waals surface area contributed by atoms with Gasteiger partial charge in [0, 0.05) is 12.6 Å². The number of aliphatic hydroxyl groups is 1. The molecule has 0 bridgehead atoms. The average molecular weight is 233 g/mol. The molecule has 0 heterocycles. The second-order valence-corrected chi connectivity index (χ2v) is 5.54. The summed E-state index contributed by atoms with van der Waals surface area (Å²) in [5, 5.41) is 13.4. The fourth-order valence-electron chi connectivity index (χ4n) is 2.03. The lowest BCUT2D eigenvalue weighted by atomic mass is 10.0. The van der Waals surface area contributed by atoms with Crippen LogP contribution in [0.25, 0.3) is 0 Å². The van der Waals surface area contributed by atoms with Gasteiger partial charge < -0.3 is 10.4 Å². The molecule has 1 aromatic carbocycles. The minimum atomic E-state index is -0.372. The Labute approximate surface area is 104 Å². The van der Waals surface area contributed by atoms with Crippen LogP contribution in [0.4, 0.5) is 0 Å². The summed E-state index contributed by atoms with van der Waals surface area (Å²) in [4.78, 5) is 0. The van der Waals surface area contributed by atoms with E-state index in [4.69, 9.17) is 0 Å². The van der Waals surface area contributed by atoms with Crippen molar-refractivity contribution in [3.8, 4) is 0 Å². The molecule has 2 heteroatoms. The molecule has 2 nitrogen and oxygen atoms in total. The first kappa shape index (κ1) is 12.6. The zero-order valence-corrected chi connectivity index (χ0v) is 10.8. The lowest BCUT2D eigenvalue weighted by molar-refractivity contribution is 0.174. The summed E-state index contributed by atoms with van der Waals surface area (Å²) in [7, 11) is 0. The monoisotopic (exact) mass is 233 g/mol. The molecular formula is C15H23NO. The van der Waals surface area contributed by atoms with Crippen LogP contribution in [-0.4, -0.2) is 17.7 Å². The molecule has 1 unspecified atom stereocenters. The van der Waals surface area contributed by atoms with E-state index in [1.165, 1.54) is 18.4 Å². The summed E-state index contributed by atoms with van der Waals surface area (Å²) in [6, 6.07) is 9.03. The Kier molecular flexibility index (Phi) is 4.19. The first-order valence-electron chi connectivity index (χ1n) is 6.65. The molecule has 2 N–H and O–H groups in total. The van der Waals surface area contributed by atoms with E-state index in [9.17, 15) is 5.11 Å². The van der Waals surface area contributed by atoms with Crippen LogP contribution in [0.1, 0.15) is 43.9 Å². The Hall–Kier alpha value is -0.860. The second kappa shape index (κ2) is 5.65. The van der Waals surface area contributed by atoms with Crippen molar-refractivity contribution in [2.24, 2.45) is 5.92 Å². The smallest absolute Gasteiger partial charge is 0.0914 e. The summed E-state index contributed by atoms with van der Waals surface area (Å²) in [5.74, 6) is 0.683. The van der Waals surface area contributed by atoms with Gasteiger partial charge in [0.1, 0.15) is 0 Å². The Bertz CT molecular complexity index is 340. The average Bonchev–Trinajstić information content (AvgIpc) is 3.10. The minimum absolute atomic E-state index is 0.372. The largest absolute Gasteiger partial charge is 0.387 e. The van der Waals surface area contributed by atoms with Crippen molar-refractivity contribution in [2.75, 3.05) is 6.54 Å². The van der Waals surface area contributed by atoms with Crippen LogP contribution in [-0.2, 0) is 6.42 Å². The van der Waals surface area contributed by atoms with E-state index in [2.05, 4.69) is 43.4 Å². The molecule has 1 aliphatic rings. The molecule has 0 spiro atoms. The summed E-state index contributed by atoms with van der Waals surface area (Å²) < 4.78 is 0. The number of hydrogen-bond acceptors (Lipinski definition) is 2. The first-order valence-corrected chi connectivity index (χ1v) is 6.65. The zero-order valence-electron chi connectivity index (χ0n) is 10.8. The highest BCUT2D eigenvalue weighted by atomic mass is 16.3. The SMILES string of the molecule is CC(C)Cc1ccc(C(O)CNC2CC2)cc1. The molecule has 0 saturated heterocycles. The van der Waals surface area contributed by atoms with Crippen molar-refractivity contribution in [3.05, 3.63) is 35.4 Å². The summed E-state index contributed by atoms with van der Waals surface area (Å²) >= 11 is 0. The molecule has 2 rings (SSSR count). The second-order valence-electron chi connectivity index (χ2n) is 5.54. The molecular weight excluding hydrogens is 210 g/mol. The van der Waals surface area contributed by atoms with Gasteiger partial charge in [-0.3, -0.25) is 0 Å². The zero-order chi connectivity index (χ0) is 12.3. The maximum absolute atomic E-state index is 10.0. The van der Waals surface area contributed by atoms with Crippen molar-refractivity contribution in [3.63, 3.8) is 0 Å². The van der Waals surface area contributed by atoms with Gasteiger partial charge in [0.05, 0.1) is 6.10 Å². The van der Waals surface area contributed by atoms with Gasteiger partial charge in [-0.05, 0) is 36.3 Å². The van der Waals surface area contributed by atoms with Gasteiger partial charge in [-0.2, -0.15) is 0 Å². The van der Waals surface area contributed by atoms with E-state index >= 15 is 0 Å². The van der Waals surface area contributed by atoms with Crippen LogP contribution in [0, 0.1) is 5.92 Å². The molecule has 1 aliphatic carbocycles. The van der Waals surface area contributed by atoms with E-state index in [1.54, 1.807) is 0 Å². The molecule has 0 amide bonds. The lowest BCUT2D eigenvalue weighted by Crippen LogP contribution is -2.23. The Morgan fingerprint density at radius 2 is 1.88 bits per heavy atom. The Morgan fingerprint density at radius 3 is 2.41 bits per heavy atom. The van der Waals surface area contributed by atoms with Crippen molar-refractivity contribution >= 4 is 0 Å². The van der Waals surface area contributed by atoms with Gasteiger partial charge in [-0.1, -0.05) is 38.1 Å². The van der Waals surface area contributed by atoms with E-state index in [0.717, 1.165) is 12.0 Å². The first-order chi connectivity index (χ1) is 8.15. The highest BCUT2D eigenvalue weighted by Gasteiger charge is 2.21. The van der Waals surface area contributed by atoms with E-state index in [1.807, 2.05) is 0 Å². The molecule has 0 aromatic heterocycles. The molecule has 1 saturated carbocycles. The highest BCUT2D eigenvalue weighted by Crippen LogP contribution is 2.20. The fraction of sp³-hybridized carbons (Fsp3) is 0.600. The lowest BCUT2D eigenvalue weighted by Gasteiger charge is -2.13. The molecule has 17 heavy (non-hydrogen) atoms. The molecule has 0 aliphatic heterocycles. The molecule has 1 atom stereocenters. The topological polar surface area (TPSA) is 32.3 Å². The van der Waals surface area contributed by atoms with Gasteiger partial charge in [0.15, 0.2) is 0 Å². The van der Waals surface area contributed by atoms with Crippen LogP contribution in [0.5, 0.6) is 0 Å². The van der Waals surface area contributed by atoms with Crippen LogP contribution in [0.3, 0.4) is 0 Å². The summed E-state index contributed by atoms with van der Waals surface area (Å²) in [5.41, 5.74) is 2.37. The third kappa shape index (κ3) is 4.14. The Morgan fingerprint density at radius 1 is 1.24 bits per heavy atom. The van der Waals surface area contributed by atoms with Crippen LogP contribution < -0.4 is 5.32 Å². The number of rotatable bonds is 6. The van der Waals surface area contributed by atoms with Crippen molar-refractivity contribution < 1.29 is 5.11 Å². The number of nitrogens with one attached hydrogen (secondary N) is 1. The minimum Gasteiger partial charge on any atom is -0.387 e. The maximum Gasteiger partial charge on any atom is 0.0914 e. The molecule has 1 aromatic rings. The quantitative estimate of drug-likeness (QED) is 0.791. The third-order valence-electron chi connectivity index (χ3n) is 3.19. The number of hydrogen-bond donors (Lipinski definition) is 2. The van der Waals surface area contributed by atoms with Crippen molar-refractivity contribution in [1.82, 2.24) is 5.32 Å².